The lowest BCUT2D eigenvalue weighted by Crippen LogP contribution is -2.15. The summed E-state index contributed by atoms with van der Waals surface area (Å²) in [5.74, 6) is -3.44. The molecule has 1 atom stereocenters. The lowest BCUT2D eigenvalue weighted by atomic mass is 9.95. The standard InChI is InChI=1S/C11H9NO4/c12-6-7-1-3-8(4-2-7)9(11(15)16)5-10(13)14/h1-4,9H,5H2,(H,13,14)(H,15,16). The number of aliphatic carboxylic acids is 2. The summed E-state index contributed by atoms with van der Waals surface area (Å²) in [5.41, 5.74) is 0.789. The number of nitrogens with zero attached hydrogens (tertiary/aromatic N) is 1. The topological polar surface area (TPSA) is 98.4 Å². The number of carboxylic acid groups (broad SMARTS) is 2. The van der Waals surface area contributed by atoms with Gasteiger partial charge in [0.15, 0.2) is 0 Å². The Kier molecular flexibility index (Phi) is 3.62. The predicted molar refractivity (Wildman–Crippen MR) is 53.8 cm³/mol. The van der Waals surface area contributed by atoms with E-state index in [0.29, 0.717) is 11.1 Å². The maximum Gasteiger partial charge on any atom is 0.311 e. The van der Waals surface area contributed by atoms with Gasteiger partial charge in [-0.1, -0.05) is 12.1 Å². The smallest absolute Gasteiger partial charge is 0.311 e. The zero-order valence-electron chi connectivity index (χ0n) is 8.25. The van der Waals surface area contributed by atoms with Crippen molar-refractivity contribution in [1.29, 1.82) is 5.26 Å². The molecule has 0 aromatic heterocycles. The summed E-state index contributed by atoms with van der Waals surface area (Å²) in [4.78, 5) is 21.4. The molecule has 0 aliphatic rings. The summed E-state index contributed by atoms with van der Waals surface area (Å²) in [6, 6.07) is 7.75. The minimum atomic E-state index is -1.19. The molecule has 0 aliphatic heterocycles. The lowest BCUT2D eigenvalue weighted by molar-refractivity contribution is -0.145. The summed E-state index contributed by atoms with van der Waals surface area (Å²) in [6.45, 7) is 0. The predicted octanol–water partition coefficient (Wildman–Crippen LogP) is 1.20. The molecule has 0 fully saturated rings. The first-order chi connectivity index (χ1) is 7.54. The van der Waals surface area contributed by atoms with Crippen molar-refractivity contribution in [2.24, 2.45) is 0 Å². The van der Waals surface area contributed by atoms with E-state index in [4.69, 9.17) is 15.5 Å². The maximum absolute atomic E-state index is 10.9. The van der Waals surface area contributed by atoms with Gasteiger partial charge in [-0.05, 0) is 17.7 Å². The normalized spacial score (nSPS) is 11.4. The zero-order valence-corrected chi connectivity index (χ0v) is 8.25. The first-order valence-corrected chi connectivity index (χ1v) is 4.49. The molecule has 0 radical (unpaired) electrons. The Hall–Kier alpha value is -2.35. The van der Waals surface area contributed by atoms with Crippen LogP contribution in [0, 0.1) is 11.3 Å². The van der Waals surface area contributed by atoms with E-state index < -0.39 is 24.3 Å². The number of carbonyl (C=O) groups is 2. The molecule has 1 rings (SSSR count). The average Bonchev–Trinajstić information content (AvgIpc) is 2.25. The van der Waals surface area contributed by atoms with Gasteiger partial charge in [0, 0.05) is 0 Å². The van der Waals surface area contributed by atoms with Gasteiger partial charge in [-0.15, -0.1) is 0 Å². The lowest BCUT2D eigenvalue weighted by Gasteiger charge is -2.09. The van der Waals surface area contributed by atoms with Crippen molar-refractivity contribution in [2.75, 3.05) is 0 Å². The largest absolute Gasteiger partial charge is 0.481 e. The summed E-state index contributed by atoms with van der Waals surface area (Å²) >= 11 is 0. The summed E-state index contributed by atoms with van der Waals surface area (Å²) in [5, 5.41) is 26.0. The third-order valence-corrected chi connectivity index (χ3v) is 2.12. The number of benzene rings is 1. The van der Waals surface area contributed by atoms with Crippen LogP contribution in [-0.2, 0) is 9.59 Å². The van der Waals surface area contributed by atoms with Gasteiger partial charge >= 0.3 is 11.9 Å². The Morgan fingerprint density at radius 3 is 2.19 bits per heavy atom. The highest BCUT2D eigenvalue weighted by atomic mass is 16.4. The molecular formula is C11H9NO4. The van der Waals surface area contributed by atoms with Gasteiger partial charge in [0.1, 0.15) is 0 Å². The van der Waals surface area contributed by atoms with Crippen molar-refractivity contribution in [2.45, 2.75) is 12.3 Å². The monoisotopic (exact) mass is 219 g/mol. The number of hydrogen-bond acceptors (Lipinski definition) is 3. The molecule has 5 heteroatoms. The van der Waals surface area contributed by atoms with E-state index in [1.165, 1.54) is 24.3 Å². The van der Waals surface area contributed by atoms with E-state index in [2.05, 4.69) is 0 Å². The Bertz CT molecular complexity index is 444. The second-order valence-electron chi connectivity index (χ2n) is 3.22. The number of nitriles is 1. The number of rotatable bonds is 4. The molecule has 0 bridgehead atoms. The van der Waals surface area contributed by atoms with E-state index >= 15 is 0 Å². The van der Waals surface area contributed by atoms with Crippen LogP contribution >= 0.6 is 0 Å². The van der Waals surface area contributed by atoms with Crippen LogP contribution in [0.3, 0.4) is 0 Å². The highest BCUT2D eigenvalue weighted by molar-refractivity contribution is 5.82. The van der Waals surface area contributed by atoms with Crippen molar-refractivity contribution in [3.63, 3.8) is 0 Å². The van der Waals surface area contributed by atoms with Crippen LogP contribution < -0.4 is 0 Å². The van der Waals surface area contributed by atoms with Crippen LogP contribution in [0.15, 0.2) is 24.3 Å². The Morgan fingerprint density at radius 2 is 1.81 bits per heavy atom. The van der Waals surface area contributed by atoms with Crippen molar-refractivity contribution in [3.05, 3.63) is 35.4 Å². The molecule has 0 amide bonds. The SMILES string of the molecule is N#Cc1ccc(C(CC(=O)O)C(=O)O)cc1. The van der Waals surface area contributed by atoms with Gasteiger partial charge in [-0.25, -0.2) is 0 Å². The van der Waals surface area contributed by atoms with Gasteiger partial charge in [0.2, 0.25) is 0 Å². The quantitative estimate of drug-likeness (QED) is 0.792. The van der Waals surface area contributed by atoms with Crippen LogP contribution in [0.5, 0.6) is 0 Å². The van der Waals surface area contributed by atoms with E-state index in [1.54, 1.807) is 0 Å². The van der Waals surface area contributed by atoms with Crippen molar-refractivity contribution < 1.29 is 19.8 Å². The van der Waals surface area contributed by atoms with Gasteiger partial charge < -0.3 is 10.2 Å². The summed E-state index contributed by atoms with van der Waals surface area (Å²) < 4.78 is 0. The van der Waals surface area contributed by atoms with Crippen LogP contribution in [0.4, 0.5) is 0 Å². The highest BCUT2D eigenvalue weighted by Crippen LogP contribution is 2.20. The molecule has 0 heterocycles. The van der Waals surface area contributed by atoms with Gasteiger partial charge in [-0.2, -0.15) is 5.26 Å². The third-order valence-electron chi connectivity index (χ3n) is 2.12. The number of hydrogen-bond donors (Lipinski definition) is 2. The Labute approximate surface area is 91.6 Å². The molecule has 82 valence electrons. The van der Waals surface area contributed by atoms with Gasteiger partial charge in [0.25, 0.3) is 0 Å². The fraction of sp³-hybridized carbons (Fsp3) is 0.182. The first kappa shape index (κ1) is 11.7. The first-order valence-electron chi connectivity index (χ1n) is 4.49. The second kappa shape index (κ2) is 4.94. The Balaban J connectivity index is 2.98. The van der Waals surface area contributed by atoms with E-state index in [9.17, 15) is 9.59 Å². The average molecular weight is 219 g/mol. The highest BCUT2D eigenvalue weighted by Gasteiger charge is 2.22. The molecule has 1 aromatic rings. The molecule has 1 aromatic carbocycles. The van der Waals surface area contributed by atoms with Crippen LogP contribution in [-0.4, -0.2) is 22.2 Å². The molecule has 0 aliphatic carbocycles. The van der Waals surface area contributed by atoms with Gasteiger partial charge in [-0.3, -0.25) is 9.59 Å². The Morgan fingerprint density at radius 1 is 1.25 bits per heavy atom. The summed E-state index contributed by atoms with van der Waals surface area (Å²) in [7, 11) is 0. The number of carboxylic acids is 2. The van der Waals surface area contributed by atoms with Gasteiger partial charge in [0.05, 0.1) is 24.0 Å². The fourth-order valence-electron chi connectivity index (χ4n) is 1.31. The zero-order chi connectivity index (χ0) is 12.1. The molecule has 0 saturated carbocycles. The van der Waals surface area contributed by atoms with Crippen molar-refractivity contribution >= 4 is 11.9 Å². The van der Waals surface area contributed by atoms with Crippen molar-refractivity contribution in [3.8, 4) is 6.07 Å². The third kappa shape index (κ3) is 2.82. The minimum Gasteiger partial charge on any atom is -0.481 e. The molecule has 0 saturated heterocycles. The fourth-order valence-corrected chi connectivity index (χ4v) is 1.31. The minimum absolute atomic E-state index is 0.383. The van der Waals surface area contributed by atoms with Crippen molar-refractivity contribution in [1.82, 2.24) is 0 Å². The second-order valence-corrected chi connectivity index (χ2v) is 3.22. The van der Waals surface area contributed by atoms with Crippen LogP contribution in [0.1, 0.15) is 23.5 Å². The van der Waals surface area contributed by atoms with Crippen LogP contribution in [0.2, 0.25) is 0 Å². The maximum atomic E-state index is 10.9. The summed E-state index contributed by atoms with van der Waals surface area (Å²) in [6.07, 6.45) is -0.471. The molecule has 0 spiro atoms. The molecular weight excluding hydrogens is 210 g/mol. The molecule has 16 heavy (non-hydrogen) atoms. The van der Waals surface area contributed by atoms with E-state index in [0.717, 1.165) is 0 Å². The molecule has 1 unspecified atom stereocenters. The van der Waals surface area contributed by atoms with E-state index in [-0.39, 0.29) is 0 Å². The molecule has 2 N–H and O–H groups in total. The van der Waals surface area contributed by atoms with Crippen LogP contribution in [0.25, 0.3) is 0 Å². The van der Waals surface area contributed by atoms with E-state index in [1.807, 2.05) is 6.07 Å². The molecule has 5 nitrogen and oxygen atoms in total.